The smallest absolute Gasteiger partial charge is 0.263 e. The van der Waals surface area contributed by atoms with Crippen molar-refractivity contribution in [3.05, 3.63) is 68.6 Å². The molecule has 0 bridgehead atoms. The Balaban J connectivity index is 1.46. The number of thiophene rings is 1. The maximum Gasteiger partial charge on any atom is 0.263 e. The maximum atomic E-state index is 13.2. The second kappa shape index (κ2) is 7.72. The number of fused-ring (bicyclic) bond motifs is 3. The lowest BCUT2D eigenvalue weighted by Crippen LogP contribution is -2.23. The molecule has 1 aromatic carbocycles. The molecule has 3 aromatic heterocycles. The quantitative estimate of drug-likeness (QED) is 0.511. The average molecular weight is 420 g/mol. The first-order valence-electron chi connectivity index (χ1n) is 10.5. The van der Waals surface area contributed by atoms with Crippen molar-refractivity contribution in [2.75, 3.05) is 5.32 Å². The standard InChI is InChI=1S/C23H25N5OS/c1-3-28-22(29)20-18-6-4-5-7-19(18)30-21(20)26-23(28)25-17-12-24-27(14-17)13-16-10-8-15(2)9-11-16/h8-12,14H,3-7,13H2,1-2H3,(H,25,26). The summed E-state index contributed by atoms with van der Waals surface area (Å²) < 4.78 is 3.63. The zero-order chi connectivity index (χ0) is 20.7. The molecule has 4 aromatic rings. The Morgan fingerprint density at radius 3 is 2.77 bits per heavy atom. The number of aryl methyl sites for hydroxylation is 3. The van der Waals surface area contributed by atoms with E-state index in [4.69, 9.17) is 4.98 Å². The van der Waals surface area contributed by atoms with Gasteiger partial charge >= 0.3 is 0 Å². The number of hydrogen-bond acceptors (Lipinski definition) is 5. The molecule has 1 aliphatic carbocycles. The van der Waals surface area contributed by atoms with Gasteiger partial charge in [0.15, 0.2) is 0 Å². The summed E-state index contributed by atoms with van der Waals surface area (Å²) in [6.45, 7) is 5.35. The summed E-state index contributed by atoms with van der Waals surface area (Å²) in [5, 5.41) is 8.62. The zero-order valence-corrected chi connectivity index (χ0v) is 18.1. The van der Waals surface area contributed by atoms with E-state index in [2.05, 4.69) is 41.6 Å². The van der Waals surface area contributed by atoms with E-state index in [9.17, 15) is 4.79 Å². The van der Waals surface area contributed by atoms with Gasteiger partial charge < -0.3 is 5.32 Å². The van der Waals surface area contributed by atoms with Crippen LogP contribution in [0.3, 0.4) is 0 Å². The predicted octanol–water partition coefficient (Wildman–Crippen LogP) is 4.65. The molecule has 1 aliphatic rings. The number of rotatable bonds is 5. The molecule has 0 saturated heterocycles. The van der Waals surface area contributed by atoms with Crippen molar-refractivity contribution >= 4 is 33.2 Å². The normalized spacial score (nSPS) is 13.5. The number of aromatic nitrogens is 4. The Morgan fingerprint density at radius 2 is 1.97 bits per heavy atom. The van der Waals surface area contributed by atoms with Crippen LogP contribution in [0.25, 0.3) is 10.2 Å². The van der Waals surface area contributed by atoms with E-state index >= 15 is 0 Å². The molecule has 1 N–H and O–H groups in total. The maximum absolute atomic E-state index is 13.2. The molecular formula is C23H25N5OS. The summed E-state index contributed by atoms with van der Waals surface area (Å²) in [5.74, 6) is 0.587. The monoisotopic (exact) mass is 419 g/mol. The van der Waals surface area contributed by atoms with Gasteiger partial charge in [0.2, 0.25) is 5.95 Å². The van der Waals surface area contributed by atoms with Gasteiger partial charge in [0, 0.05) is 17.6 Å². The minimum atomic E-state index is 0.0662. The first-order valence-corrected chi connectivity index (χ1v) is 11.3. The van der Waals surface area contributed by atoms with E-state index in [0.29, 0.717) is 19.0 Å². The van der Waals surface area contributed by atoms with E-state index in [-0.39, 0.29) is 5.56 Å². The van der Waals surface area contributed by atoms with Gasteiger partial charge in [-0.3, -0.25) is 14.0 Å². The predicted molar refractivity (Wildman–Crippen MR) is 122 cm³/mol. The lowest BCUT2D eigenvalue weighted by atomic mass is 9.97. The van der Waals surface area contributed by atoms with Crippen molar-refractivity contribution in [2.24, 2.45) is 0 Å². The Labute approximate surface area is 179 Å². The lowest BCUT2D eigenvalue weighted by Gasteiger charge is -2.12. The Morgan fingerprint density at radius 1 is 1.17 bits per heavy atom. The lowest BCUT2D eigenvalue weighted by molar-refractivity contribution is 0.687. The Bertz CT molecular complexity index is 1270. The molecule has 3 heterocycles. The number of nitrogens with zero attached hydrogens (tertiary/aromatic N) is 4. The van der Waals surface area contributed by atoms with Crippen molar-refractivity contribution in [1.29, 1.82) is 0 Å². The number of nitrogens with one attached hydrogen (secondary N) is 1. The van der Waals surface area contributed by atoms with Crippen LogP contribution >= 0.6 is 11.3 Å². The van der Waals surface area contributed by atoms with Gasteiger partial charge in [-0.25, -0.2) is 4.98 Å². The van der Waals surface area contributed by atoms with Gasteiger partial charge in [0.25, 0.3) is 5.56 Å². The highest BCUT2D eigenvalue weighted by Crippen LogP contribution is 2.34. The van der Waals surface area contributed by atoms with Crippen LogP contribution in [0.15, 0.2) is 41.5 Å². The molecule has 0 fully saturated rings. The second-order valence-corrected chi connectivity index (χ2v) is 9.00. The minimum absolute atomic E-state index is 0.0662. The average Bonchev–Trinajstić information content (AvgIpc) is 3.34. The molecule has 154 valence electrons. The summed E-state index contributed by atoms with van der Waals surface area (Å²) in [6.07, 6.45) is 8.16. The largest absolute Gasteiger partial charge is 0.323 e. The van der Waals surface area contributed by atoms with Crippen molar-refractivity contribution in [3.63, 3.8) is 0 Å². The highest BCUT2D eigenvalue weighted by molar-refractivity contribution is 7.18. The molecule has 0 spiro atoms. The number of benzene rings is 1. The molecule has 0 radical (unpaired) electrons. The van der Waals surface area contributed by atoms with E-state index in [1.54, 1.807) is 22.1 Å². The van der Waals surface area contributed by atoms with E-state index in [1.165, 1.54) is 28.0 Å². The molecule has 0 atom stereocenters. The third-order valence-electron chi connectivity index (χ3n) is 5.75. The molecule has 0 aliphatic heterocycles. The van der Waals surface area contributed by atoms with Crippen LogP contribution in [0.1, 0.15) is 41.3 Å². The first kappa shape index (κ1) is 19.1. The summed E-state index contributed by atoms with van der Waals surface area (Å²) in [4.78, 5) is 20.3. The summed E-state index contributed by atoms with van der Waals surface area (Å²) in [6, 6.07) is 8.45. The molecular weight excluding hydrogens is 394 g/mol. The topological polar surface area (TPSA) is 64.7 Å². The van der Waals surface area contributed by atoms with Crippen LogP contribution in [-0.2, 0) is 25.9 Å². The van der Waals surface area contributed by atoms with Crippen LogP contribution in [0.4, 0.5) is 11.6 Å². The van der Waals surface area contributed by atoms with Crippen LogP contribution in [0, 0.1) is 6.92 Å². The van der Waals surface area contributed by atoms with Crippen molar-refractivity contribution in [2.45, 2.75) is 52.6 Å². The van der Waals surface area contributed by atoms with Crippen LogP contribution in [0.5, 0.6) is 0 Å². The van der Waals surface area contributed by atoms with Crippen molar-refractivity contribution in [1.82, 2.24) is 19.3 Å². The zero-order valence-electron chi connectivity index (χ0n) is 17.3. The molecule has 5 rings (SSSR count). The van der Waals surface area contributed by atoms with Crippen LogP contribution in [-0.4, -0.2) is 19.3 Å². The van der Waals surface area contributed by atoms with Gasteiger partial charge in [-0.05, 0) is 50.7 Å². The fourth-order valence-electron chi connectivity index (χ4n) is 4.15. The fraction of sp³-hybridized carbons (Fsp3) is 0.348. The van der Waals surface area contributed by atoms with Gasteiger partial charge in [0.1, 0.15) is 4.83 Å². The number of hydrogen-bond donors (Lipinski definition) is 1. The molecule has 6 nitrogen and oxygen atoms in total. The molecule has 7 heteroatoms. The second-order valence-electron chi connectivity index (χ2n) is 7.91. The third kappa shape index (κ3) is 3.43. The SMILES string of the molecule is CCn1c(Nc2cnn(Cc3ccc(C)cc3)c2)nc2sc3c(c2c1=O)CCCC3. The molecule has 0 unspecified atom stereocenters. The highest BCUT2D eigenvalue weighted by atomic mass is 32.1. The fourth-order valence-corrected chi connectivity index (χ4v) is 5.40. The first-order chi connectivity index (χ1) is 14.6. The molecule has 0 amide bonds. The van der Waals surface area contributed by atoms with Gasteiger partial charge in [-0.1, -0.05) is 29.8 Å². The van der Waals surface area contributed by atoms with Crippen molar-refractivity contribution in [3.8, 4) is 0 Å². The Hall–Kier alpha value is -2.93. The summed E-state index contributed by atoms with van der Waals surface area (Å²) >= 11 is 1.68. The highest BCUT2D eigenvalue weighted by Gasteiger charge is 2.21. The van der Waals surface area contributed by atoms with Crippen LogP contribution < -0.4 is 10.9 Å². The van der Waals surface area contributed by atoms with Gasteiger partial charge in [0.05, 0.1) is 23.8 Å². The van der Waals surface area contributed by atoms with Crippen molar-refractivity contribution < 1.29 is 0 Å². The van der Waals surface area contributed by atoms with Crippen LogP contribution in [0.2, 0.25) is 0 Å². The van der Waals surface area contributed by atoms with Gasteiger partial charge in [-0.2, -0.15) is 5.10 Å². The Kier molecular flexibility index (Phi) is 4.90. The molecule has 30 heavy (non-hydrogen) atoms. The van der Waals surface area contributed by atoms with Gasteiger partial charge in [-0.15, -0.1) is 11.3 Å². The van der Waals surface area contributed by atoms with E-state index < -0.39 is 0 Å². The van der Waals surface area contributed by atoms with E-state index in [0.717, 1.165) is 35.2 Å². The molecule has 0 saturated carbocycles. The summed E-state index contributed by atoms with van der Waals surface area (Å²) in [5.41, 5.74) is 4.58. The van der Waals surface area contributed by atoms with E-state index in [1.807, 2.05) is 17.8 Å². The number of anilines is 2. The minimum Gasteiger partial charge on any atom is -0.323 e. The summed E-state index contributed by atoms with van der Waals surface area (Å²) in [7, 11) is 0. The third-order valence-corrected chi connectivity index (χ3v) is 6.93.